The van der Waals surface area contributed by atoms with E-state index in [0.29, 0.717) is 22.3 Å². The van der Waals surface area contributed by atoms with Crippen molar-refractivity contribution in [2.45, 2.75) is 33.8 Å². The second kappa shape index (κ2) is 9.13. The zero-order valence-corrected chi connectivity index (χ0v) is 16.9. The molecule has 1 atom stereocenters. The molecule has 1 unspecified atom stereocenters. The Morgan fingerprint density at radius 1 is 1.29 bits per heavy atom. The van der Waals surface area contributed by atoms with Gasteiger partial charge in [0.2, 0.25) is 0 Å². The van der Waals surface area contributed by atoms with Crippen LogP contribution < -0.4 is 9.64 Å². The molecule has 0 saturated heterocycles. The topological polar surface area (TPSA) is 47.5 Å². The van der Waals surface area contributed by atoms with Gasteiger partial charge in [-0.05, 0) is 41.4 Å². The normalized spacial score (nSPS) is 11.7. The first-order chi connectivity index (χ1) is 11.3. The fourth-order valence-corrected chi connectivity index (χ4v) is 2.26. The Balaban J connectivity index is 0.00000139. The van der Waals surface area contributed by atoms with Crippen molar-refractivity contribution in [1.82, 2.24) is 9.97 Å². The van der Waals surface area contributed by atoms with Crippen LogP contribution in [0.25, 0.3) is 10.9 Å². The molecule has 2 aromatic rings. The zero-order chi connectivity index (χ0) is 18.4. The molecule has 0 aliphatic rings. The molecule has 1 aromatic heterocycles. The maximum atomic E-state index is 14.5. The van der Waals surface area contributed by atoms with Crippen LogP contribution >= 0.6 is 15.9 Å². The summed E-state index contributed by atoms with van der Waals surface area (Å²) in [5.41, 5.74) is 1.02. The van der Waals surface area contributed by atoms with E-state index in [-0.39, 0.29) is 17.6 Å². The van der Waals surface area contributed by atoms with E-state index < -0.39 is 5.82 Å². The first-order valence-electron chi connectivity index (χ1n) is 7.84. The Labute approximate surface area is 151 Å². The minimum Gasteiger partial charge on any atom is -0.461 e. The predicted molar refractivity (Wildman–Crippen MR) is 99.6 cm³/mol. The number of aromatic nitrogens is 2. The van der Waals surface area contributed by atoms with E-state index in [1.807, 2.05) is 52.8 Å². The van der Waals surface area contributed by atoms with Crippen LogP contribution in [0, 0.1) is 12.7 Å². The van der Waals surface area contributed by atoms with Crippen molar-refractivity contribution in [3.8, 4) is 6.01 Å². The highest BCUT2D eigenvalue weighted by Crippen LogP contribution is 2.32. The molecule has 134 valence electrons. The summed E-state index contributed by atoms with van der Waals surface area (Å²) in [4.78, 5) is 10.4. The number of nitrogens with zero attached hydrogens (tertiary/aromatic N) is 3. The monoisotopic (exact) mass is 401 g/mol. The molecule has 1 heterocycles. The zero-order valence-electron chi connectivity index (χ0n) is 15.3. The molecule has 2 rings (SSSR count). The summed E-state index contributed by atoms with van der Waals surface area (Å²) < 4.78 is 25.6. The second-order valence-corrected chi connectivity index (χ2v) is 6.09. The van der Waals surface area contributed by atoms with Gasteiger partial charge in [0.15, 0.2) is 5.82 Å². The van der Waals surface area contributed by atoms with Gasteiger partial charge in [-0.25, -0.2) is 4.39 Å². The number of aryl methyl sites for hydroxylation is 1. The van der Waals surface area contributed by atoms with E-state index in [9.17, 15) is 4.39 Å². The number of methoxy groups -OCH3 is 1. The lowest BCUT2D eigenvalue weighted by Gasteiger charge is -2.17. The van der Waals surface area contributed by atoms with Crippen LogP contribution in [0.1, 0.15) is 26.3 Å². The maximum absolute atomic E-state index is 14.5. The van der Waals surface area contributed by atoms with Crippen LogP contribution in [-0.4, -0.2) is 43.9 Å². The standard InChI is InChI=1S/C15H19BrFN3O2.C2H6/c1-8-6-10-13(12(17)11(8)16)18-15(19-14(10)20(3)4)22-7-9(2)21-5;1-2/h6,9H,7H2,1-5H3;1-2H3. The molecule has 0 bridgehead atoms. The summed E-state index contributed by atoms with van der Waals surface area (Å²) in [6, 6.07) is 1.99. The number of benzene rings is 1. The predicted octanol–water partition coefficient (Wildman–Crippen LogP) is 4.35. The molecular formula is C17H25BrFN3O2. The Morgan fingerprint density at radius 2 is 1.92 bits per heavy atom. The molecule has 24 heavy (non-hydrogen) atoms. The largest absolute Gasteiger partial charge is 0.461 e. The molecule has 0 N–H and O–H groups in total. The van der Waals surface area contributed by atoms with Crippen LogP contribution in [0.3, 0.4) is 0 Å². The van der Waals surface area contributed by atoms with Crippen LogP contribution in [0.4, 0.5) is 10.2 Å². The summed E-state index contributed by atoms with van der Waals surface area (Å²) in [5, 5.41) is 0.648. The second-order valence-electron chi connectivity index (χ2n) is 5.30. The fourth-order valence-electron chi connectivity index (χ4n) is 1.96. The van der Waals surface area contributed by atoms with Gasteiger partial charge in [0.05, 0.1) is 10.6 Å². The van der Waals surface area contributed by atoms with Crippen LogP contribution in [0.5, 0.6) is 6.01 Å². The Hall–Kier alpha value is -1.47. The van der Waals surface area contributed by atoms with Crippen molar-refractivity contribution in [3.63, 3.8) is 0 Å². The number of anilines is 1. The molecule has 0 aliphatic carbocycles. The van der Waals surface area contributed by atoms with Crippen molar-refractivity contribution in [1.29, 1.82) is 0 Å². The van der Waals surface area contributed by atoms with Crippen LogP contribution in [0.15, 0.2) is 10.5 Å². The van der Waals surface area contributed by atoms with Crippen molar-refractivity contribution >= 4 is 32.7 Å². The van der Waals surface area contributed by atoms with Crippen molar-refractivity contribution in [2.75, 3.05) is 32.7 Å². The highest BCUT2D eigenvalue weighted by molar-refractivity contribution is 9.10. The molecular weight excluding hydrogens is 377 g/mol. The number of hydrogen-bond acceptors (Lipinski definition) is 5. The van der Waals surface area contributed by atoms with Crippen LogP contribution in [0.2, 0.25) is 0 Å². The molecule has 0 spiro atoms. The summed E-state index contributed by atoms with van der Waals surface area (Å²) in [5.74, 6) is 0.199. The van der Waals surface area contributed by atoms with Gasteiger partial charge in [-0.1, -0.05) is 13.8 Å². The first kappa shape index (κ1) is 20.6. The molecule has 0 saturated carbocycles. The summed E-state index contributed by atoms with van der Waals surface area (Å²) >= 11 is 3.25. The Kier molecular flexibility index (Phi) is 7.83. The van der Waals surface area contributed by atoms with Gasteiger partial charge in [-0.3, -0.25) is 0 Å². The SMILES string of the molecule is CC.COC(C)COc1nc(N(C)C)c2cc(C)c(Br)c(F)c2n1. The molecule has 5 nitrogen and oxygen atoms in total. The molecule has 0 amide bonds. The van der Waals surface area contributed by atoms with Crippen molar-refractivity contribution in [3.05, 3.63) is 21.9 Å². The summed E-state index contributed by atoms with van der Waals surface area (Å²) in [6.45, 7) is 7.99. The first-order valence-corrected chi connectivity index (χ1v) is 8.63. The smallest absolute Gasteiger partial charge is 0.319 e. The van der Waals surface area contributed by atoms with E-state index in [1.54, 1.807) is 7.11 Å². The van der Waals surface area contributed by atoms with Gasteiger partial charge in [0.1, 0.15) is 17.9 Å². The third-order valence-electron chi connectivity index (χ3n) is 3.29. The average molecular weight is 402 g/mol. The fraction of sp³-hybridized carbons (Fsp3) is 0.529. The third kappa shape index (κ3) is 4.54. The minimum absolute atomic E-state index is 0.100. The van der Waals surface area contributed by atoms with Crippen LogP contribution in [-0.2, 0) is 4.74 Å². The van der Waals surface area contributed by atoms with E-state index in [1.165, 1.54) is 0 Å². The number of hydrogen-bond donors (Lipinski definition) is 0. The van der Waals surface area contributed by atoms with Gasteiger partial charge in [-0.2, -0.15) is 9.97 Å². The number of rotatable bonds is 5. The lowest BCUT2D eigenvalue weighted by atomic mass is 10.1. The quantitative estimate of drug-likeness (QED) is 0.745. The third-order valence-corrected chi connectivity index (χ3v) is 4.26. The van der Waals surface area contributed by atoms with E-state index >= 15 is 0 Å². The lowest BCUT2D eigenvalue weighted by Crippen LogP contribution is -2.18. The van der Waals surface area contributed by atoms with Gasteiger partial charge in [0.25, 0.3) is 0 Å². The Bertz CT molecular complexity index is 695. The van der Waals surface area contributed by atoms with Gasteiger partial charge >= 0.3 is 6.01 Å². The van der Waals surface area contributed by atoms with E-state index in [2.05, 4.69) is 25.9 Å². The average Bonchev–Trinajstić information content (AvgIpc) is 2.59. The summed E-state index contributed by atoms with van der Waals surface area (Å²) in [7, 11) is 5.29. The number of fused-ring (bicyclic) bond motifs is 1. The molecule has 0 radical (unpaired) electrons. The lowest BCUT2D eigenvalue weighted by molar-refractivity contribution is 0.0682. The molecule has 0 fully saturated rings. The van der Waals surface area contributed by atoms with Gasteiger partial charge in [-0.15, -0.1) is 0 Å². The number of ether oxygens (including phenoxy) is 2. The molecule has 1 aromatic carbocycles. The minimum atomic E-state index is -0.412. The number of halogens is 2. The maximum Gasteiger partial charge on any atom is 0.319 e. The summed E-state index contributed by atoms with van der Waals surface area (Å²) in [6.07, 6.45) is -0.100. The van der Waals surface area contributed by atoms with Crippen molar-refractivity contribution < 1.29 is 13.9 Å². The van der Waals surface area contributed by atoms with Gasteiger partial charge < -0.3 is 14.4 Å². The van der Waals surface area contributed by atoms with Crippen molar-refractivity contribution in [2.24, 2.45) is 0 Å². The molecule has 0 aliphatic heterocycles. The van der Waals surface area contributed by atoms with Gasteiger partial charge in [0, 0.05) is 26.6 Å². The Morgan fingerprint density at radius 3 is 2.46 bits per heavy atom. The highest BCUT2D eigenvalue weighted by Gasteiger charge is 2.18. The molecule has 7 heteroatoms. The van der Waals surface area contributed by atoms with E-state index in [4.69, 9.17) is 9.47 Å². The highest BCUT2D eigenvalue weighted by atomic mass is 79.9. The van der Waals surface area contributed by atoms with E-state index in [0.717, 1.165) is 5.56 Å².